The van der Waals surface area contributed by atoms with Gasteiger partial charge in [0.25, 0.3) is 5.56 Å². The van der Waals surface area contributed by atoms with E-state index in [4.69, 9.17) is 0 Å². The number of benzene rings is 1. The van der Waals surface area contributed by atoms with Crippen LogP contribution in [-0.4, -0.2) is 25.9 Å². The lowest BCUT2D eigenvalue weighted by Crippen LogP contribution is -2.17. The van der Waals surface area contributed by atoms with Crippen LogP contribution in [0.2, 0.25) is 0 Å². The molecular weight excluding hydrogens is 345 g/mol. The Hall–Kier alpha value is -2.64. The standard InChI is InChI=1S/C18H19F3N4O/c1-10-4-6-13(7-5-10)11(2)14-15-16(17(26)23-12(3)22-15)25(24-14)9-8-18(19,20)21/h4-7,11H,8-9H2,1-3H3,(H,22,23,26)/t11-/m0/s1. The van der Waals surface area contributed by atoms with Gasteiger partial charge in [-0.2, -0.15) is 18.3 Å². The summed E-state index contributed by atoms with van der Waals surface area (Å²) >= 11 is 0. The summed E-state index contributed by atoms with van der Waals surface area (Å²) < 4.78 is 39.0. The Morgan fingerprint density at radius 3 is 2.46 bits per heavy atom. The van der Waals surface area contributed by atoms with Gasteiger partial charge < -0.3 is 4.98 Å². The van der Waals surface area contributed by atoms with Crippen molar-refractivity contribution in [2.75, 3.05) is 0 Å². The number of H-pyrrole nitrogens is 1. The summed E-state index contributed by atoms with van der Waals surface area (Å²) in [5.41, 5.74) is 2.50. The van der Waals surface area contributed by atoms with Gasteiger partial charge in [0.05, 0.1) is 18.7 Å². The normalized spacial score (nSPS) is 13.3. The summed E-state index contributed by atoms with van der Waals surface area (Å²) in [5, 5.41) is 4.33. The molecular formula is C18H19F3N4O. The van der Waals surface area contributed by atoms with Crippen LogP contribution in [0.15, 0.2) is 29.1 Å². The van der Waals surface area contributed by atoms with E-state index in [0.29, 0.717) is 17.0 Å². The number of nitrogens with one attached hydrogen (secondary N) is 1. The first-order valence-corrected chi connectivity index (χ1v) is 8.26. The molecule has 5 nitrogen and oxygen atoms in total. The highest BCUT2D eigenvalue weighted by atomic mass is 19.4. The smallest absolute Gasteiger partial charge is 0.309 e. The van der Waals surface area contributed by atoms with Crippen molar-refractivity contribution in [1.82, 2.24) is 19.7 Å². The number of aryl methyl sites for hydroxylation is 3. The van der Waals surface area contributed by atoms with E-state index in [1.165, 1.54) is 0 Å². The molecule has 0 aliphatic rings. The van der Waals surface area contributed by atoms with Crippen molar-refractivity contribution in [3.63, 3.8) is 0 Å². The van der Waals surface area contributed by atoms with Gasteiger partial charge in [0.1, 0.15) is 11.3 Å². The molecule has 2 heterocycles. The molecule has 0 spiro atoms. The van der Waals surface area contributed by atoms with Crippen LogP contribution in [0.1, 0.15) is 41.9 Å². The largest absolute Gasteiger partial charge is 0.390 e. The molecule has 1 atom stereocenters. The number of hydrogen-bond acceptors (Lipinski definition) is 3. The fourth-order valence-corrected chi connectivity index (χ4v) is 2.92. The highest BCUT2D eigenvalue weighted by Crippen LogP contribution is 2.29. The number of rotatable bonds is 4. The Kier molecular flexibility index (Phi) is 4.60. The van der Waals surface area contributed by atoms with Crippen LogP contribution in [-0.2, 0) is 6.54 Å². The van der Waals surface area contributed by atoms with Gasteiger partial charge in [0.2, 0.25) is 0 Å². The molecule has 1 aromatic carbocycles. The molecule has 0 amide bonds. The predicted molar refractivity (Wildman–Crippen MR) is 92.3 cm³/mol. The molecule has 0 radical (unpaired) electrons. The molecule has 1 N–H and O–H groups in total. The maximum atomic E-state index is 12.6. The number of nitrogens with zero attached hydrogens (tertiary/aromatic N) is 3. The zero-order valence-corrected chi connectivity index (χ0v) is 14.7. The fraction of sp³-hybridized carbons (Fsp3) is 0.389. The van der Waals surface area contributed by atoms with Crippen LogP contribution in [0.4, 0.5) is 13.2 Å². The summed E-state index contributed by atoms with van der Waals surface area (Å²) in [6.07, 6.45) is -5.39. The molecule has 0 aliphatic heterocycles. The second-order valence-corrected chi connectivity index (χ2v) is 6.45. The SMILES string of the molecule is Cc1ccc([C@H](C)c2nn(CCC(F)(F)F)c3c(=O)[nH]c(C)nc23)cc1. The lowest BCUT2D eigenvalue weighted by Gasteiger charge is -2.10. The van der Waals surface area contributed by atoms with Crippen LogP contribution >= 0.6 is 0 Å². The zero-order chi connectivity index (χ0) is 19.1. The van der Waals surface area contributed by atoms with Crippen molar-refractivity contribution in [2.24, 2.45) is 0 Å². The predicted octanol–water partition coefficient (Wildman–Crippen LogP) is 3.84. The molecule has 0 unspecified atom stereocenters. The van der Waals surface area contributed by atoms with E-state index in [1.807, 2.05) is 38.1 Å². The maximum Gasteiger partial charge on any atom is 0.390 e. The van der Waals surface area contributed by atoms with Gasteiger partial charge in [-0.1, -0.05) is 36.8 Å². The number of aromatic amines is 1. The first kappa shape index (κ1) is 18.2. The molecule has 138 valence electrons. The van der Waals surface area contributed by atoms with Crippen LogP contribution in [0, 0.1) is 13.8 Å². The minimum Gasteiger partial charge on any atom is -0.309 e. The van der Waals surface area contributed by atoms with Crippen molar-refractivity contribution >= 4 is 11.0 Å². The van der Waals surface area contributed by atoms with Gasteiger partial charge in [-0.3, -0.25) is 9.48 Å². The van der Waals surface area contributed by atoms with Gasteiger partial charge in [-0.15, -0.1) is 0 Å². The summed E-state index contributed by atoms with van der Waals surface area (Å²) in [5.74, 6) is 0.189. The van der Waals surface area contributed by atoms with Gasteiger partial charge in [-0.05, 0) is 19.4 Å². The number of hydrogen-bond donors (Lipinski definition) is 1. The van der Waals surface area contributed by atoms with Crippen LogP contribution in [0.5, 0.6) is 0 Å². The first-order chi connectivity index (χ1) is 12.2. The third kappa shape index (κ3) is 3.63. The van der Waals surface area contributed by atoms with Crippen LogP contribution in [0.3, 0.4) is 0 Å². The zero-order valence-electron chi connectivity index (χ0n) is 14.7. The van der Waals surface area contributed by atoms with E-state index >= 15 is 0 Å². The minimum atomic E-state index is -4.33. The third-order valence-electron chi connectivity index (χ3n) is 4.34. The second-order valence-electron chi connectivity index (χ2n) is 6.45. The molecule has 0 saturated heterocycles. The Balaban J connectivity index is 2.12. The van der Waals surface area contributed by atoms with E-state index in [0.717, 1.165) is 15.8 Å². The quantitative estimate of drug-likeness (QED) is 0.765. The van der Waals surface area contributed by atoms with Gasteiger partial charge in [0.15, 0.2) is 5.52 Å². The summed E-state index contributed by atoms with van der Waals surface area (Å²) in [7, 11) is 0. The number of alkyl halides is 3. The molecule has 0 saturated carbocycles. The lowest BCUT2D eigenvalue weighted by molar-refractivity contribution is -0.137. The summed E-state index contributed by atoms with van der Waals surface area (Å²) in [4.78, 5) is 19.2. The molecule has 3 rings (SSSR count). The fourth-order valence-electron chi connectivity index (χ4n) is 2.92. The molecule has 0 bridgehead atoms. The third-order valence-corrected chi connectivity index (χ3v) is 4.34. The number of fused-ring (bicyclic) bond motifs is 1. The highest BCUT2D eigenvalue weighted by molar-refractivity contribution is 5.77. The minimum absolute atomic E-state index is 0.0776. The van der Waals surface area contributed by atoms with Crippen molar-refractivity contribution in [3.05, 3.63) is 57.3 Å². The molecule has 8 heteroatoms. The number of halogens is 3. The van der Waals surface area contributed by atoms with Crippen LogP contribution < -0.4 is 5.56 Å². The highest BCUT2D eigenvalue weighted by Gasteiger charge is 2.29. The van der Waals surface area contributed by atoms with Crippen molar-refractivity contribution in [3.8, 4) is 0 Å². The van der Waals surface area contributed by atoms with E-state index in [1.54, 1.807) is 6.92 Å². The van der Waals surface area contributed by atoms with Crippen LogP contribution in [0.25, 0.3) is 11.0 Å². The number of aromatic nitrogens is 4. The van der Waals surface area contributed by atoms with Gasteiger partial charge in [0, 0.05) is 5.92 Å². The lowest BCUT2D eigenvalue weighted by atomic mass is 9.96. The summed E-state index contributed by atoms with van der Waals surface area (Å²) in [6, 6.07) is 7.81. The molecule has 0 fully saturated rings. The van der Waals surface area contributed by atoms with Gasteiger partial charge in [-0.25, -0.2) is 4.98 Å². The van der Waals surface area contributed by atoms with E-state index in [9.17, 15) is 18.0 Å². The Morgan fingerprint density at radius 1 is 1.19 bits per heavy atom. The molecule has 26 heavy (non-hydrogen) atoms. The van der Waals surface area contributed by atoms with Crippen molar-refractivity contribution < 1.29 is 13.2 Å². The Labute approximate surface area is 147 Å². The molecule has 0 aliphatic carbocycles. The maximum absolute atomic E-state index is 12.6. The Bertz CT molecular complexity index is 987. The van der Waals surface area contributed by atoms with Gasteiger partial charge >= 0.3 is 6.18 Å². The van der Waals surface area contributed by atoms with E-state index < -0.39 is 24.7 Å². The van der Waals surface area contributed by atoms with E-state index in [2.05, 4.69) is 15.1 Å². The average Bonchev–Trinajstić information content (AvgIpc) is 2.91. The van der Waals surface area contributed by atoms with Crippen molar-refractivity contribution in [1.29, 1.82) is 0 Å². The topological polar surface area (TPSA) is 63.6 Å². The first-order valence-electron chi connectivity index (χ1n) is 8.26. The van der Waals surface area contributed by atoms with E-state index in [-0.39, 0.29) is 11.4 Å². The second kappa shape index (κ2) is 6.59. The average molecular weight is 364 g/mol. The summed E-state index contributed by atoms with van der Waals surface area (Å²) in [6.45, 7) is 5.08. The molecule has 2 aromatic heterocycles. The molecule has 3 aromatic rings. The van der Waals surface area contributed by atoms with Crippen molar-refractivity contribution in [2.45, 2.75) is 45.8 Å². The monoisotopic (exact) mass is 364 g/mol. The Morgan fingerprint density at radius 2 is 1.85 bits per heavy atom.